The lowest BCUT2D eigenvalue weighted by atomic mass is 10.4. The van der Waals surface area contributed by atoms with Crippen molar-refractivity contribution in [2.45, 2.75) is 12.8 Å². The van der Waals surface area contributed by atoms with Gasteiger partial charge in [-0.05, 0) is 25.9 Å². The van der Waals surface area contributed by atoms with Gasteiger partial charge in [0, 0.05) is 37.2 Å². The van der Waals surface area contributed by atoms with E-state index in [9.17, 15) is 0 Å². The highest BCUT2D eigenvalue weighted by Gasteiger charge is 1.93. The van der Waals surface area contributed by atoms with E-state index in [0.29, 0.717) is 0 Å². The third-order valence-corrected chi connectivity index (χ3v) is 0.957. The van der Waals surface area contributed by atoms with Gasteiger partial charge in [0.25, 0.3) is 0 Å². The van der Waals surface area contributed by atoms with Gasteiger partial charge in [-0.15, -0.1) is 0 Å². The predicted octanol–water partition coefficient (Wildman–Crippen LogP) is 2.14. The van der Waals surface area contributed by atoms with Crippen LogP contribution in [0, 0.1) is 0 Å². The van der Waals surface area contributed by atoms with Crippen molar-refractivity contribution in [1.29, 1.82) is 0 Å². The third-order valence-electron chi connectivity index (χ3n) is 0.957. The molecule has 1 aliphatic rings. The molecule has 3 heteroatoms. The van der Waals surface area contributed by atoms with E-state index < -0.39 is 0 Å². The van der Waals surface area contributed by atoms with Crippen LogP contribution in [0.15, 0.2) is 0 Å². The second-order valence-corrected chi connectivity index (χ2v) is 1.46. The van der Waals surface area contributed by atoms with Crippen LogP contribution in [0.2, 0.25) is 0 Å². The second-order valence-electron chi connectivity index (χ2n) is 1.46. The molecular weight excluding hydrogens is 316 g/mol. The first-order valence-electron chi connectivity index (χ1n) is 2.35. The highest BCUT2D eigenvalue weighted by molar-refractivity contribution is 15.0. The molecule has 1 nitrogen and oxygen atoms in total. The summed E-state index contributed by atoms with van der Waals surface area (Å²) in [6.45, 7) is 2.50. The van der Waals surface area contributed by atoms with Crippen LogP contribution in [0.5, 0.6) is 0 Å². The van der Waals surface area contributed by atoms with Crippen LogP contribution < -0.4 is 5.32 Å². The van der Waals surface area contributed by atoms with Gasteiger partial charge >= 0.3 is 0 Å². The van der Waals surface area contributed by atoms with Crippen molar-refractivity contribution in [3.8, 4) is 0 Å². The van der Waals surface area contributed by atoms with Crippen LogP contribution in [0.1, 0.15) is 12.8 Å². The quantitative estimate of drug-likeness (QED) is 0.673. The zero-order valence-corrected chi connectivity index (χ0v) is 8.40. The van der Waals surface area contributed by atoms with Gasteiger partial charge in [-0.3, -0.25) is 0 Å². The first kappa shape index (κ1) is 8.42. The smallest absolute Gasteiger partial charge is 0 e. The number of nitrogens with one attached hydrogen (secondary N) is 1. The molecule has 1 N–H and O–H groups in total. The molecule has 1 heterocycles. The van der Waals surface area contributed by atoms with Crippen molar-refractivity contribution in [3.05, 3.63) is 0 Å². The largest absolute Gasteiger partial charge is 0.317 e. The Kier molecular flexibility index (Phi) is 8.93. The van der Waals surface area contributed by atoms with E-state index in [-0.39, 0.29) is 0 Å². The second kappa shape index (κ2) is 7.42. The molecule has 0 aliphatic carbocycles. The minimum atomic E-state index is 1.25. The van der Waals surface area contributed by atoms with Crippen molar-refractivity contribution in [2.75, 3.05) is 13.1 Å². The summed E-state index contributed by atoms with van der Waals surface area (Å²) in [6.07, 6.45) is 2.78. The minimum absolute atomic E-state index is 1.25. The van der Waals surface area contributed by atoms with Gasteiger partial charge in [-0.1, -0.05) is 0 Å². The summed E-state index contributed by atoms with van der Waals surface area (Å²) >= 11 is 4.24. The first-order valence-corrected chi connectivity index (χ1v) is 8.64. The van der Waals surface area contributed by atoms with Crippen molar-refractivity contribution in [1.82, 2.24) is 5.32 Å². The Morgan fingerprint density at radius 2 is 1.43 bits per heavy atom. The van der Waals surface area contributed by atoms with E-state index in [1.807, 2.05) is 0 Å². The van der Waals surface area contributed by atoms with E-state index in [1.165, 1.54) is 25.9 Å². The van der Waals surface area contributed by atoms with Gasteiger partial charge < -0.3 is 5.32 Å². The molecule has 0 unspecified atom stereocenters. The fourth-order valence-electron chi connectivity index (χ4n) is 0.625. The Bertz CT molecular complexity index is 21.3. The maximum atomic E-state index is 3.22. The summed E-state index contributed by atoms with van der Waals surface area (Å²) in [5.41, 5.74) is 0. The lowest BCUT2D eigenvalue weighted by molar-refractivity contribution is 0.857. The standard InChI is InChI=1S/C4H9N.I2/c1-2-4-5-3-1;1-2/h5H,1-4H2;. The average Bonchev–Trinajstić information content (AvgIpc) is 2.23. The molecule has 1 fully saturated rings. The molecule has 0 spiro atoms. The van der Waals surface area contributed by atoms with Gasteiger partial charge in [-0.2, -0.15) is 0 Å². The highest BCUT2D eigenvalue weighted by Crippen LogP contribution is 1.90. The van der Waals surface area contributed by atoms with Gasteiger partial charge in [0.05, 0.1) is 0 Å². The van der Waals surface area contributed by atoms with Gasteiger partial charge in [0.1, 0.15) is 0 Å². The average molecular weight is 325 g/mol. The first-order chi connectivity index (χ1) is 3.50. The Morgan fingerprint density at radius 1 is 1.00 bits per heavy atom. The maximum absolute atomic E-state index is 3.22. The fourth-order valence-corrected chi connectivity index (χ4v) is 0.625. The molecule has 0 aromatic rings. The molecule has 1 aliphatic heterocycles. The van der Waals surface area contributed by atoms with Crippen LogP contribution in [0.4, 0.5) is 0 Å². The molecule has 0 amide bonds. The molecule has 0 aromatic heterocycles. The van der Waals surface area contributed by atoms with Crippen molar-refractivity contribution >= 4 is 37.2 Å². The lowest BCUT2D eigenvalue weighted by Crippen LogP contribution is -2.03. The van der Waals surface area contributed by atoms with Crippen LogP contribution in [-0.4, -0.2) is 13.1 Å². The summed E-state index contributed by atoms with van der Waals surface area (Å²) in [6, 6.07) is 0. The van der Waals surface area contributed by atoms with E-state index in [4.69, 9.17) is 0 Å². The Hall–Kier alpha value is 1.42. The Morgan fingerprint density at radius 3 is 1.57 bits per heavy atom. The van der Waals surface area contributed by atoms with Gasteiger partial charge in [0.15, 0.2) is 0 Å². The molecule has 44 valence electrons. The maximum Gasteiger partial charge on any atom is 0 e. The van der Waals surface area contributed by atoms with Crippen LogP contribution in [0.25, 0.3) is 0 Å². The topological polar surface area (TPSA) is 12.0 Å². The van der Waals surface area contributed by atoms with E-state index >= 15 is 0 Å². The van der Waals surface area contributed by atoms with Gasteiger partial charge in [-0.25, -0.2) is 0 Å². The molecule has 0 saturated carbocycles. The molecule has 0 aromatic carbocycles. The van der Waals surface area contributed by atoms with E-state index in [1.54, 1.807) is 0 Å². The Labute approximate surface area is 67.9 Å². The van der Waals surface area contributed by atoms with Crippen LogP contribution >= 0.6 is 37.2 Å². The SMILES string of the molecule is C1CCNC1.II. The number of rotatable bonds is 0. The van der Waals surface area contributed by atoms with E-state index in [0.717, 1.165) is 0 Å². The summed E-state index contributed by atoms with van der Waals surface area (Å²) < 4.78 is 0. The molecule has 0 bridgehead atoms. The minimum Gasteiger partial charge on any atom is -0.317 e. The van der Waals surface area contributed by atoms with Gasteiger partial charge in [0.2, 0.25) is 0 Å². The zero-order valence-electron chi connectivity index (χ0n) is 4.08. The molecule has 0 atom stereocenters. The lowest BCUT2D eigenvalue weighted by Gasteiger charge is -1.76. The zero-order chi connectivity index (χ0) is 5.54. The molecule has 1 rings (SSSR count). The Balaban J connectivity index is 0.000000162. The predicted molar refractivity (Wildman–Crippen MR) is 50.1 cm³/mol. The van der Waals surface area contributed by atoms with Crippen molar-refractivity contribution in [2.24, 2.45) is 0 Å². The summed E-state index contributed by atoms with van der Waals surface area (Å²) in [5, 5.41) is 3.22. The van der Waals surface area contributed by atoms with Crippen LogP contribution in [-0.2, 0) is 0 Å². The van der Waals surface area contributed by atoms with E-state index in [2.05, 4.69) is 42.5 Å². The monoisotopic (exact) mass is 325 g/mol. The number of hydrogen-bond acceptors (Lipinski definition) is 1. The summed E-state index contributed by atoms with van der Waals surface area (Å²) in [7, 11) is 0. The summed E-state index contributed by atoms with van der Waals surface area (Å²) in [4.78, 5) is 0. The highest BCUT2D eigenvalue weighted by atomic mass is 128. The molecule has 0 radical (unpaired) electrons. The van der Waals surface area contributed by atoms with Crippen molar-refractivity contribution in [3.63, 3.8) is 0 Å². The van der Waals surface area contributed by atoms with Crippen LogP contribution in [0.3, 0.4) is 0 Å². The molecule has 1 saturated heterocycles. The summed E-state index contributed by atoms with van der Waals surface area (Å²) in [5.74, 6) is 0. The fraction of sp³-hybridized carbons (Fsp3) is 1.00. The normalized spacial score (nSPS) is 18.0. The third kappa shape index (κ3) is 5.29. The van der Waals surface area contributed by atoms with Crippen molar-refractivity contribution < 1.29 is 0 Å². The molecule has 7 heavy (non-hydrogen) atoms. The number of halogens is 2. The number of hydrogen-bond donors (Lipinski definition) is 1. The molecular formula is C4H9I2N.